The number of hydrogen-bond acceptors (Lipinski definition) is 6. The first-order valence-corrected chi connectivity index (χ1v) is 13.8. The van der Waals surface area contributed by atoms with Crippen LogP contribution < -0.4 is 4.90 Å². The van der Waals surface area contributed by atoms with Crippen molar-refractivity contribution < 1.29 is 44.6 Å². The molecule has 0 aliphatic carbocycles. The lowest BCUT2D eigenvalue weighted by Crippen LogP contribution is -2.33. The van der Waals surface area contributed by atoms with Crippen LogP contribution in [0.1, 0.15) is 66.1 Å². The molecule has 0 radical (unpaired) electrons. The number of anilines is 1. The number of aromatic nitrogens is 4. The fourth-order valence-electron chi connectivity index (χ4n) is 5.45. The van der Waals surface area contributed by atoms with Crippen molar-refractivity contribution in [2.45, 2.75) is 70.5 Å². The SMILES string of the molecule is CCC(C)C(c1ccc(C(F)(F)F)cc1CN(Cc1cc(C(F)(F)F)cc(C(F)(F)F)c1)c1nnn(C)n1)N1CCC(O)C1. The van der Waals surface area contributed by atoms with Gasteiger partial charge in [0.1, 0.15) is 0 Å². The average Bonchev–Trinajstić information content (AvgIpc) is 3.55. The molecule has 242 valence electrons. The lowest BCUT2D eigenvalue weighted by atomic mass is 9.87. The summed E-state index contributed by atoms with van der Waals surface area (Å²) in [6.07, 6.45) is -14.4. The van der Waals surface area contributed by atoms with E-state index in [-0.39, 0.29) is 30.0 Å². The van der Waals surface area contributed by atoms with Crippen LogP contribution in [0.4, 0.5) is 45.5 Å². The highest BCUT2D eigenvalue weighted by molar-refractivity contribution is 5.42. The molecule has 1 saturated heterocycles. The lowest BCUT2D eigenvalue weighted by Gasteiger charge is -2.35. The van der Waals surface area contributed by atoms with Gasteiger partial charge in [-0.1, -0.05) is 31.4 Å². The third kappa shape index (κ3) is 7.81. The van der Waals surface area contributed by atoms with Crippen molar-refractivity contribution in [3.05, 3.63) is 69.8 Å². The molecule has 7 nitrogen and oxygen atoms in total. The standard InChI is InChI=1S/C28H31F9N6O/c1-4-16(2)24(42-8-7-22(44)15-42)23-6-5-19(26(29,30)31)11-18(23)14-43(25-38-40-41(3)39-25)13-17-9-20(27(32,33)34)12-21(10-17)28(35,36)37/h5-6,9-12,16,22,24,44H,4,7-8,13-15H2,1-3H3. The molecule has 1 aliphatic rings. The second-order valence-corrected chi connectivity index (χ2v) is 11.0. The summed E-state index contributed by atoms with van der Waals surface area (Å²) in [4.78, 5) is 4.17. The Morgan fingerprint density at radius 1 is 0.909 bits per heavy atom. The number of alkyl halides is 9. The molecular formula is C28H31F9N6O. The van der Waals surface area contributed by atoms with Crippen molar-refractivity contribution in [2.24, 2.45) is 13.0 Å². The van der Waals surface area contributed by atoms with E-state index in [9.17, 15) is 44.6 Å². The minimum atomic E-state index is -5.09. The van der Waals surface area contributed by atoms with Gasteiger partial charge in [-0.2, -0.15) is 44.3 Å². The van der Waals surface area contributed by atoms with Gasteiger partial charge in [0.2, 0.25) is 0 Å². The van der Waals surface area contributed by atoms with E-state index in [1.807, 2.05) is 18.7 Å². The van der Waals surface area contributed by atoms with Crippen LogP contribution in [0.2, 0.25) is 0 Å². The van der Waals surface area contributed by atoms with Gasteiger partial charge in [0.05, 0.1) is 29.8 Å². The quantitative estimate of drug-likeness (QED) is 0.266. The third-order valence-electron chi connectivity index (χ3n) is 7.72. The van der Waals surface area contributed by atoms with E-state index in [0.29, 0.717) is 37.1 Å². The molecule has 0 spiro atoms. The summed E-state index contributed by atoms with van der Waals surface area (Å²) in [7, 11) is 1.38. The third-order valence-corrected chi connectivity index (χ3v) is 7.72. The van der Waals surface area contributed by atoms with Gasteiger partial charge in [0.15, 0.2) is 0 Å². The predicted molar refractivity (Wildman–Crippen MR) is 141 cm³/mol. The molecular weight excluding hydrogens is 607 g/mol. The number of aryl methyl sites for hydroxylation is 1. The highest BCUT2D eigenvalue weighted by Gasteiger charge is 2.38. The molecule has 2 aromatic carbocycles. The number of aliphatic hydroxyl groups excluding tert-OH is 1. The van der Waals surface area contributed by atoms with E-state index in [0.717, 1.165) is 16.9 Å². The Kier molecular flexibility index (Phi) is 9.54. The fraction of sp³-hybridized carbons (Fsp3) is 0.536. The number of benzene rings is 2. The summed E-state index contributed by atoms with van der Waals surface area (Å²) in [5.74, 6) is -0.296. The molecule has 0 amide bonds. The zero-order valence-electron chi connectivity index (χ0n) is 24.0. The highest BCUT2D eigenvalue weighted by Crippen LogP contribution is 2.40. The fourth-order valence-corrected chi connectivity index (χ4v) is 5.45. The van der Waals surface area contributed by atoms with E-state index in [2.05, 4.69) is 15.4 Å². The summed E-state index contributed by atoms with van der Waals surface area (Å²) < 4.78 is 123. The molecule has 3 unspecified atom stereocenters. The van der Waals surface area contributed by atoms with Crippen molar-refractivity contribution >= 4 is 5.95 Å². The molecule has 1 aromatic heterocycles. The Hall–Kier alpha value is -3.40. The van der Waals surface area contributed by atoms with Crippen LogP contribution in [0.3, 0.4) is 0 Å². The Bertz CT molecular complexity index is 1400. The molecule has 44 heavy (non-hydrogen) atoms. The predicted octanol–water partition coefficient (Wildman–Crippen LogP) is 6.63. The number of likely N-dealkylation sites (tertiary alicyclic amines) is 1. The van der Waals surface area contributed by atoms with Crippen molar-refractivity contribution in [1.29, 1.82) is 0 Å². The molecule has 0 bridgehead atoms. The molecule has 4 rings (SSSR count). The van der Waals surface area contributed by atoms with Crippen LogP contribution in [-0.4, -0.2) is 49.4 Å². The maximum absolute atomic E-state index is 13.9. The van der Waals surface area contributed by atoms with Gasteiger partial charge in [-0.25, -0.2) is 0 Å². The molecule has 1 N–H and O–H groups in total. The van der Waals surface area contributed by atoms with Gasteiger partial charge in [0.25, 0.3) is 5.95 Å². The second kappa shape index (κ2) is 12.5. The van der Waals surface area contributed by atoms with Crippen molar-refractivity contribution in [2.75, 3.05) is 18.0 Å². The van der Waals surface area contributed by atoms with Gasteiger partial charge in [-0.05, 0) is 64.6 Å². The number of halogens is 9. The molecule has 1 aliphatic heterocycles. The van der Waals surface area contributed by atoms with Crippen molar-refractivity contribution in [3.63, 3.8) is 0 Å². The number of nitrogens with zero attached hydrogens (tertiary/aromatic N) is 6. The maximum Gasteiger partial charge on any atom is 0.416 e. The van der Waals surface area contributed by atoms with E-state index < -0.39 is 66.0 Å². The monoisotopic (exact) mass is 638 g/mol. The number of rotatable bonds is 9. The van der Waals surface area contributed by atoms with Crippen molar-refractivity contribution in [1.82, 2.24) is 25.1 Å². The highest BCUT2D eigenvalue weighted by atomic mass is 19.4. The van der Waals surface area contributed by atoms with E-state index in [4.69, 9.17) is 0 Å². The lowest BCUT2D eigenvalue weighted by molar-refractivity contribution is -0.143. The summed E-state index contributed by atoms with van der Waals surface area (Å²) >= 11 is 0. The van der Waals surface area contributed by atoms with Crippen LogP contribution in [-0.2, 0) is 38.7 Å². The van der Waals surface area contributed by atoms with E-state index in [1.54, 1.807) is 0 Å². The van der Waals surface area contributed by atoms with Crippen LogP contribution in [0.15, 0.2) is 36.4 Å². The summed E-state index contributed by atoms with van der Waals surface area (Å²) in [5.41, 5.74) is -3.84. The van der Waals surface area contributed by atoms with Gasteiger partial charge >= 0.3 is 18.5 Å². The van der Waals surface area contributed by atoms with Gasteiger partial charge < -0.3 is 10.0 Å². The zero-order valence-corrected chi connectivity index (χ0v) is 24.0. The van der Waals surface area contributed by atoms with Crippen LogP contribution in [0.5, 0.6) is 0 Å². The van der Waals surface area contributed by atoms with E-state index >= 15 is 0 Å². The van der Waals surface area contributed by atoms with Gasteiger partial charge in [-0.3, -0.25) is 4.90 Å². The Balaban J connectivity index is 1.85. The van der Waals surface area contributed by atoms with E-state index in [1.165, 1.54) is 18.0 Å². The van der Waals surface area contributed by atoms with Crippen LogP contribution >= 0.6 is 0 Å². The number of β-amino-alcohol motifs (C(OH)–C–C–N with tert-alkyl or cyclic N) is 1. The Morgan fingerprint density at radius 2 is 1.52 bits per heavy atom. The number of hydrogen-bond donors (Lipinski definition) is 1. The van der Waals surface area contributed by atoms with Crippen molar-refractivity contribution in [3.8, 4) is 0 Å². The molecule has 3 atom stereocenters. The topological polar surface area (TPSA) is 70.3 Å². The minimum Gasteiger partial charge on any atom is -0.392 e. The van der Waals surface area contributed by atoms with Gasteiger partial charge in [0, 0.05) is 32.2 Å². The van der Waals surface area contributed by atoms with Crippen LogP contribution in [0, 0.1) is 5.92 Å². The smallest absolute Gasteiger partial charge is 0.392 e. The Morgan fingerprint density at radius 3 is 2.00 bits per heavy atom. The molecule has 2 heterocycles. The number of tetrazole rings is 1. The molecule has 1 fully saturated rings. The summed E-state index contributed by atoms with van der Waals surface area (Å²) in [5, 5.41) is 21.8. The normalized spacial score (nSPS) is 18.1. The van der Waals surface area contributed by atoms with Crippen LogP contribution in [0.25, 0.3) is 0 Å². The minimum absolute atomic E-state index is 0.000521. The average molecular weight is 639 g/mol. The molecule has 16 heteroatoms. The maximum atomic E-state index is 13.9. The summed E-state index contributed by atoms with van der Waals surface area (Å²) in [6, 6.07) is 3.88. The first-order chi connectivity index (χ1) is 20.4. The van der Waals surface area contributed by atoms with Gasteiger partial charge in [-0.15, -0.1) is 5.10 Å². The Labute approximate surface area is 247 Å². The first-order valence-electron chi connectivity index (χ1n) is 13.8. The number of aliphatic hydroxyl groups is 1. The molecule has 3 aromatic rings. The second-order valence-electron chi connectivity index (χ2n) is 11.0. The zero-order chi connectivity index (χ0) is 32.6. The first kappa shape index (κ1) is 33.5. The largest absolute Gasteiger partial charge is 0.416 e. The summed E-state index contributed by atoms with van der Waals surface area (Å²) in [6.45, 7) is 3.60. The molecule has 0 saturated carbocycles.